The molecule has 3 rings (SSSR count). The summed E-state index contributed by atoms with van der Waals surface area (Å²) in [6.07, 6.45) is 2.05. The first kappa shape index (κ1) is 24.8. The number of nitrogens with zero attached hydrogens (tertiary/aromatic N) is 1. The molecule has 3 N–H and O–H groups in total. The number of carbonyl (C=O) groups excluding carboxylic acids is 1. The van der Waals surface area contributed by atoms with Gasteiger partial charge in [-0.15, -0.1) is 0 Å². The number of anilines is 1. The SMILES string of the molecule is CCOc1ccc(NC(=O)COc2ccc(CNCC(O)CN3CCCC3)cc2OC)cc1. The number of likely N-dealkylation sites (tertiary alicyclic amines) is 1. The number of nitrogens with one attached hydrogen (secondary N) is 2. The largest absolute Gasteiger partial charge is 0.494 e. The lowest BCUT2D eigenvalue weighted by Crippen LogP contribution is -2.36. The van der Waals surface area contributed by atoms with Gasteiger partial charge in [-0.25, -0.2) is 0 Å². The summed E-state index contributed by atoms with van der Waals surface area (Å²) in [6, 6.07) is 12.8. The number of benzene rings is 2. The molecule has 0 radical (unpaired) electrons. The predicted octanol–water partition coefficient (Wildman–Crippen LogP) is 2.66. The van der Waals surface area contributed by atoms with E-state index >= 15 is 0 Å². The molecule has 1 saturated heterocycles. The average Bonchev–Trinajstić information content (AvgIpc) is 3.32. The molecule has 2 aromatic carbocycles. The van der Waals surface area contributed by atoms with E-state index in [1.54, 1.807) is 37.4 Å². The van der Waals surface area contributed by atoms with Crippen molar-refractivity contribution in [1.82, 2.24) is 10.2 Å². The zero-order valence-electron chi connectivity index (χ0n) is 19.5. The zero-order chi connectivity index (χ0) is 23.5. The number of carbonyl (C=O) groups is 1. The summed E-state index contributed by atoms with van der Waals surface area (Å²) in [5, 5.41) is 16.3. The molecule has 1 amide bonds. The summed E-state index contributed by atoms with van der Waals surface area (Å²) < 4.78 is 16.5. The number of hydrogen-bond donors (Lipinski definition) is 3. The Bertz CT molecular complexity index is 869. The molecule has 8 nitrogen and oxygen atoms in total. The third kappa shape index (κ3) is 8.24. The molecule has 0 aromatic heterocycles. The molecule has 0 aliphatic carbocycles. The van der Waals surface area contributed by atoms with E-state index in [-0.39, 0.29) is 18.6 Å². The van der Waals surface area contributed by atoms with Crippen LogP contribution in [0.2, 0.25) is 0 Å². The Labute approximate surface area is 195 Å². The van der Waals surface area contributed by atoms with Crippen LogP contribution in [-0.4, -0.2) is 68.5 Å². The van der Waals surface area contributed by atoms with Crippen LogP contribution in [0.4, 0.5) is 5.69 Å². The topological polar surface area (TPSA) is 92.3 Å². The Hall–Kier alpha value is -2.81. The second kappa shape index (κ2) is 13.0. The number of methoxy groups -OCH3 is 1. The van der Waals surface area contributed by atoms with Crippen LogP contribution in [-0.2, 0) is 11.3 Å². The van der Waals surface area contributed by atoms with Gasteiger partial charge in [0.1, 0.15) is 5.75 Å². The van der Waals surface area contributed by atoms with Gasteiger partial charge in [-0.3, -0.25) is 4.79 Å². The smallest absolute Gasteiger partial charge is 0.262 e. The van der Waals surface area contributed by atoms with Crippen molar-refractivity contribution >= 4 is 11.6 Å². The monoisotopic (exact) mass is 457 g/mol. The Kier molecular flexibility index (Phi) is 9.80. The zero-order valence-corrected chi connectivity index (χ0v) is 19.5. The van der Waals surface area contributed by atoms with Gasteiger partial charge in [-0.1, -0.05) is 6.07 Å². The normalized spacial score (nSPS) is 14.6. The summed E-state index contributed by atoms with van der Waals surface area (Å²) in [6.45, 7) is 6.38. The Morgan fingerprint density at radius 1 is 1.09 bits per heavy atom. The van der Waals surface area contributed by atoms with Crippen molar-refractivity contribution in [3.05, 3.63) is 48.0 Å². The molecule has 1 aliphatic rings. The first-order valence-corrected chi connectivity index (χ1v) is 11.5. The quantitative estimate of drug-likeness (QED) is 0.426. The molecule has 1 unspecified atom stereocenters. The first-order valence-electron chi connectivity index (χ1n) is 11.5. The molecule has 1 atom stereocenters. The van der Waals surface area contributed by atoms with Crippen LogP contribution in [0.1, 0.15) is 25.3 Å². The Morgan fingerprint density at radius 3 is 2.55 bits per heavy atom. The number of hydrogen-bond acceptors (Lipinski definition) is 7. The molecule has 1 aliphatic heterocycles. The average molecular weight is 458 g/mol. The van der Waals surface area contributed by atoms with Gasteiger partial charge in [-0.2, -0.15) is 0 Å². The number of amides is 1. The second-order valence-corrected chi connectivity index (χ2v) is 8.07. The molecular formula is C25H35N3O5. The van der Waals surface area contributed by atoms with E-state index in [2.05, 4.69) is 15.5 Å². The van der Waals surface area contributed by atoms with Crippen LogP contribution < -0.4 is 24.8 Å². The Balaban J connectivity index is 1.43. The van der Waals surface area contributed by atoms with Gasteiger partial charge in [0.25, 0.3) is 5.91 Å². The third-order valence-electron chi connectivity index (χ3n) is 5.41. The van der Waals surface area contributed by atoms with E-state index in [0.29, 0.717) is 43.4 Å². The molecule has 0 spiro atoms. The molecule has 180 valence electrons. The molecule has 0 bridgehead atoms. The Morgan fingerprint density at radius 2 is 1.85 bits per heavy atom. The van der Waals surface area contributed by atoms with Crippen molar-refractivity contribution in [2.24, 2.45) is 0 Å². The number of rotatable bonds is 13. The highest BCUT2D eigenvalue weighted by atomic mass is 16.5. The molecular weight excluding hydrogens is 422 g/mol. The maximum atomic E-state index is 12.2. The minimum Gasteiger partial charge on any atom is -0.494 e. The van der Waals surface area contributed by atoms with E-state index in [0.717, 1.165) is 24.4 Å². The summed E-state index contributed by atoms with van der Waals surface area (Å²) in [5.41, 5.74) is 1.68. The van der Waals surface area contributed by atoms with Crippen LogP contribution in [0.3, 0.4) is 0 Å². The fourth-order valence-corrected chi connectivity index (χ4v) is 3.79. The van der Waals surface area contributed by atoms with Crippen molar-refractivity contribution in [2.45, 2.75) is 32.4 Å². The number of β-amino-alcohol motifs (C(OH)–C–C–N with tert-alkyl or cyclic N) is 1. The summed E-state index contributed by atoms with van der Waals surface area (Å²) in [7, 11) is 1.57. The molecule has 2 aromatic rings. The number of ether oxygens (including phenoxy) is 3. The van der Waals surface area contributed by atoms with Crippen LogP contribution in [0.25, 0.3) is 0 Å². The van der Waals surface area contributed by atoms with Crippen molar-refractivity contribution in [3.63, 3.8) is 0 Å². The van der Waals surface area contributed by atoms with Crippen molar-refractivity contribution in [1.29, 1.82) is 0 Å². The summed E-state index contributed by atoms with van der Waals surface area (Å²) >= 11 is 0. The highest BCUT2D eigenvalue weighted by molar-refractivity contribution is 5.91. The van der Waals surface area contributed by atoms with Crippen molar-refractivity contribution in [2.75, 3.05) is 51.8 Å². The van der Waals surface area contributed by atoms with Gasteiger partial charge in [-0.05, 0) is 74.8 Å². The maximum absolute atomic E-state index is 12.2. The lowest BCUT2D eigenvalue weighted by atomic mass is 10.2. The maximum Gasteiger partial charge on any atom is 0.262 e. The number of aliphatic hydroxyl groups is 1. The summed E-state index contributed by atoms with van der Waals surface area (Å²) in [4.78, 5) is 14.5. The lowest BCUT2D eigenvalue weighted by Gasteiger charge is -2.19. The van der Waals surface area contributed by atoms with Gasteiger partial charge >= 0.3 is 0 Å². The van der Waals surface area contributed by atoms with Gasteiger partial charge in [0.05, 0.1) is 19.8 Å². The fraction of sp³-hybridized carbons (Fsp3) is 0.480. The minimum absolute atomic E-state index is 0.135. The van der Waals surface area contributed by atoms with E-state index in [4.69, 9.17) is 14.2 Å². The first-order chi connectivity index (χ1) is 16.1. The van der Waals surface area contributed by atoms with E-state index in [1.165, 1.54) is 12.8 Å². The van der Waals surface area contributed by atoms with Crippen LogP contribution in [0.15, 0.2) is 42.5 Å². The molecule has 1 fully saturated rings. The van der Waals surface area contributed by atoms with Crippen molar-refractivity contribution < 1.29 is 24.1 Å². The van der Waals surface area contributed by atoms with Crippen LogP contribution >= 0.6 is 0 Å². The van der Waals surface area contributed by atoms with E-state index in [9.17, 15) is 9.90 Å². The highest BCUT2D eigenvalue weighted by Crippen LogP contribution is 2.28. The highest BCUT2D eigenvalue weighted by Gasteiger charge is 2.15. The van der Waals surface area contributed by atoms with Crippen LogP contribution in [0.5, 0.6) is 17.2 Å². The minimum atomic E-state index is -0.388. The second-order valence-electron chi connectivity index (χ2n) is 8.07. The van der Waals surface area contributed by atoms with Gasteiger partial charge in [0, 0.05) is 25.3 Å². The standard InChI is InChI=1S/C25H35N3O5/c1-3-32-22-9-7-20(8-10-22)27-25(30)18-33-23-11-6-19(14-24(23)31-2)15-26-16-21(29)17-28-12-4-5-13-28/h6-11,14,21,26,29H,3-5,12-13,15-18H2,1-2H3,(H,27,30). The lowest BCUT2D eigenvalue weighted by molar-refractivity contribution is -0.118. The molecule has 0 saturated carbocycles. The molecule has 1 heterocycles. The van der Waals surface area contributed by atoms with Crippen molar-refractivity contribution in [3.8, 4) is 17.2 Å². The van der Waals surface area contributed by atoms with Crippen LogP contribution in [0, 0.1) is 0 Å². The third-order valence-corrected chi connectivity index (χ3v) is 5.41. The van der Waals surface area contributed by atoms with E-state index < -0.39 is 0 Å². The fourth-order valence-electron chi connectivity index (χ4n) is 3.79. The summed E-state index contributed by atoms with van der Waals surface area (Å²) in [5.74, 6) is 1.55. The van der Waals surface area contributed by atoms with Gasteiger partial charge in [0.15, 0.2) is 18.1 Å². The molecule has 8 heteroatoms. The van der Waals surface area contributed by atoms with Gasteiger partial charge < -0.3 is 34.9 Å². The number of aliphatic hydroxyl groups excluding tert-OH is 1. The van der Waals surface area contributed by atoms with Gasteiger partial charge in [0.2, 0.25) is 0 Å². The van der Waals surface area contributed by atoms with E-state index in [1.807, 2.05) is 19.1 Å². The predicted molar refractivity (Wildman–Crippen MR) is 128 cm³/mol. The molecule has 33 heavy (non-hydrogen) atoms.